The maximum atomic E-state index is 8.67. The lowest BCUT2D eigenvalue weighted by atomic mass is 9.98. The monoisotopic (exact) mass is 214 g/mol. The molecule has 0 aliphatic rings. The molecule has 0 aliphatic carbocycles. The summed E-state index contributed by atoms with van der Waals surface area (Å²) in [5.74, 6) is 0. The molecule has 0 aromatic carbocycles. The first-order valence-electron chi connectivity index (χ1n) is 5.39. The van der Waals surface area contributed by atoms with Gasteiger partial charge in [-0.15, -0.1) is 0 Å². The molecule has 0 rings (SSSR count). The minimum absolute atomic E-state index is 0.684. The van der Waals surface area contributed by atoms with Gasteiger partial charge in [0.15, 0.2) is 0 Å². The van der Waals surface area contributed by atoms with Gasteiger partial charge in [-0.2, -0.15) is 5.26 Å². The van der Waals surface area contributed by atoms with Crippen molar-refractivity contribution in [3.8, 4) is 6.07 Å². The lowest BCUT2D eigenvalue weighted by Gasteiger charge is -2.14. The fourth-order valence-electron chi connectivity index (χ4n) is 1.16. The number of unbranched alkanes of at least 4 members (excludes halogenated alkanes) is 1. The smallest absolute Gasteiger partial charge is 0.101 e. The quantitative estimate of drug-likeness (QED) is 0.590. The van der Waals surface area contributed by atoms with E-state index in [2.05, 4.69) is 6.07 Å². The molecule has 2 N–H and O–H groups in total. The molecule has 0 aromatic rings. The Bertz CT molecular complexity index is 188. The highest BCUT2D eigenvalue weighted by molar-refractivity contribution is 5.00. The van der Waals surface area contributed by atoms with E-state index in [-0.39, 0.29) is 0 Å². The number of rotatable bonds is 9. The van der Waals surface area contributed by atoms with Gasteiger partial charge in [-0.1, -0.05) is 0 Å². The van der Waals surface area contributed by atoms with Crippen LogP contribution in [0.3, 0.4) is 0 Å². The van der Waals surface area contributed by atoms with E-state index in [1.54, 1.807) is 14.0 Å². The second kappa shape index (κ2) is 8.66. The molecule has 0 radical (unpaired) electrons. The van der Waals surface area contributed by atoms with Crippen LogP contribution in [0.25, 0.3) is 0 Å². The van der Waals surface area contributed by atoms with Gasteiger partial charge in [-0.3, -0.25) is 0 Å². The Morgan fingerprint density at radius 3 is 2.47 bits per heavy atom. The van der Waals surface area contributed by atoms with Crippen LogP contribution in [0.4, 0.5) is 0 Å². The molecule has 4 nitrogen and oxygen atoms in total. The van der Waals surface area contributed by atoms with Crippen molar-refractivity contribution in [3.05, 3.63) is 0 Å². The van der Waals surface area contributed by atoms with Gasteiger partial charge in [0.05, 0.1) is 6.07 Å². The van der Waals surface area contributed by atoms with Gasteiger partial charge in [0.25, 0.3) is 0 Å². The van der Waals surface area contributed by atoms with Crippen molar-refractivity contribution >= 4 is 0 Å². The van der Waals surface area contributed by atoms with Crippen LogP contribution in [0.1, 0.15) is 32.6 Å². The molecule has 4 heteroatoms. The van der Waals surface area contributed by atoms with Gasteiger partial charge in [-0.25, -0.2) is 0 Å². The van der Waals surface area contributed by atoms with Crippen LogP contribution in [-0.4, -0.2) is 32.5 Å². The first-order chi connectivity index (χ1) is 7.12. The molecule has 88 valence electrons. The molecule has 0 heterocycles. The van der Waals surface area contributed by atoms with E-state index in [0.29, 0.717) is 0 Å². The average molecular weight is 214 g/mol. The zero-order valence-electron chi connectivity index (χ0n) is 9.79. The summed E-state index contributed by atoms with van der Waals surface area (Å²) in [7, 11) is 1.68. The number of hydrogen-bond acceptors (Lipinski definition) is 4. The summed E-state index contributed by atoms with van der Waals surface area (Å²) in [6.07, 6.45) is 3.56. The number of nitrogens with zero attached hydrogens (tertiary/aromatic N) is 1. The van der Waals surface area contributed by atoms with Gasteiger partial charge in [-0.05, 0) is 32.6 Å². The predicted octanol–water partition coefficient (Wildman–Crippen LogP) is 1.45. The van der Waals surface area contributed by atoms with Gasteiger partial charge >= 0.3 is 0 Å². The number of methoxy groups -OCH3 is 1. The molecule has 1 atom stereocenters. The summed E-state index contributed by atoms with van der Waals surface area (Å²) in [6.45, 7) is 3.99. The molecule has 0 fully saturated rings. The van der Waals surface area contributed by atoms with Crippen molar-refractivity contribution in [3.63, 3.8) is 0 Å². The normalized spacial score (nSPS) is 14.5. The standard InChI is InChI=1S/C11H22N2O2/c1-11(13,10-12)6-3-4-8-15-9-5-7-14-2/h3-9,13H2,1-2H3. The Kier molecular flexibility index (Phi) is 8.30. The maximum Gasteiger partial charge on any atom is 0.101 e. The van der Waals surface area contributed by atoms with Crippen molar-refractivity contribution in [2.24, 2.45) is 5.73 Å². The summed E-state index contributed by atoms with van der Waals surface area (Å²) in [4.78, 5) is 0. The molecule has 0 spiro atoms. The molecule has 0 aliphatic heterocycles. The molecule has 15 heavy (non-hydrogen) atoms. The van der Waals surface area contributed by atoms with E-state index in [1.807, 2.05) is 0 Å². The largest absolute Gasteiger partial charge is 0.385 e. The van der Waals surface area contributed by atoms with Crippen LogP contribution in [0.5, 0.6) is 0 Å². The fourth-order valence-corrected chi connectivity index (χ4v) is 1.16. The first-order valence-corrected chi connectivity index (χ1v) is 5.39. The molecule has 0 amide bonds. The lowest BCUT2D eigenvalue weighted by Crippen LogP contribution is -2.33. The molecule has 0 bridgehead atoms. The average Bonchev–Trinajstić information content (AvgIpc) is 2.22. The number of hydrogen-bond donors (Lipinski definition) is 1. The minimum Gasteiger partial charge on any atom is -0.385 e. The maximum absolute atomic E-state index is 8.67. The molecule has 1 unspecified atom stereocenters. The van der Waals surface area contributed by atoms with Gasteiger partial charge in [0, 0.05) is 26.9 Å². The Morgan fingerprint density at radius 2 is 1.87 bits per heavy atom. The topological polar surface area (TPSA) is 68.3 Å². The van der Waals surface area contributed by atoms with E-state index in [1.165, 1.54) is 0 Å². The van der Waals surface area contributed by atoms with Gasteiger partial charge < -0.3 is 15.2 Å². The highest BCUT2D eigenvalue weighted by Crippen LogP contribution is 2.09. The Labute approximate surface area is 92.3 Å². The third-order valence-corrected chi connectivity index (χ3v) is 2.13. The van der Waals surface area contributed by atoms with Crippen LogP contribution >= 0.6 is 0 Å². The Hall–Kier alpha value is -0.630. The van der Waals surface area contributed by atoms with E-state index in [0.717, 1.165) is 45.5 Å². The van der Waals surface area contributed by atoms with Crippen LogP contribution in [0, 0.1) is 11.3 Å². The minimum atomic E-state index is -0.684. The van der Waals surface area contributed by atoms with Crippen molar-refractivity contribution in [1.29, 1.82) is 5.26 Å². The van der Waals surface area contributed by atoms with E-state index in [9.17, 15) is 0 Å². The summed E-state index contributed by atoms with van der Waals surface area (Å²) >= 11 is 0. The SMILES string of the molecule is COCCCOCCCCC(C)(N)C#N. The van der Waals surface area contributed by atoms with Gasteiger partial charge in [0.2, 0.25) is 0 Å². The fraction of sp³-hybridized carbons (Fsp3) is 0.909. The molecule has 0 aromatic heterocycles. The number of nitrogens with two attached hydrogens (primary N) is 1. The van der Waals surface area contributed by atoms with Crippen molar-refractivity contribution < 1.29 is 9.47 Å². The Morgan fingerprint density at radius 1 is 1.20 bits per heavy atom. The predicted molar refractivity (Wildman–Crippen MR) is 59.4 cm³/mol. The second-order valence-electron chi connectivity index (χ2n) is 3.95. The van der Waals surface area contributed by atoms with Crippen LogP contribution < -0.4 is 5.73 Å². The lowest BCUT2D eigenvalue weighted by molar-refractivity contribution is 0.0997. The first kappa shape index (κ1) is 14.4. The second-order valence-corrected chi connectivity index (χ2v) is 3.95. The van der Waals surface area contributed by atoms with E-state index >= 15 is 0 Å². The summed E-state index contributed by atoms with van der Waals surface area (Å²) in [6, 6.07) is 2.08. The summed E-state index contributed by atoms with van der Waals surface area (Å²) < 4.78 is 10.3. The zero-order chi connectivity index (χ0) is 11.6. The van der Waals surface area contributed by atoms with Crippen LogP contribution in [0.15, 0.2) is 0 Å². The van der Waals surface area contributed by atoms with Crippen molar-refractivity contribution in [1.82, 2.24) is 0 Å². The number of nitriles is 1. The molecular weight excluding hydrogens is 192 g/mol. The highest BCUT2D eigenvalue weighted by atomic mass is 16.5. The highest BCUT2D eigenvalue weighted by Gasteiger charge is 2.15. The van der Waals surface area contributed by atoms with Gasteiger partial charge in [0.1, 0.15) is 5.54 Å². The summed E-state index contributed by atoms with van der Waals surface area (Å²) in [5, 5.41) is 8.67. The molecule has 0 saturated heterocycles. The van der Waals surface area contributed by atoms with E-state index < -0.39 is 5.54 Å². The van der Waals surface area contributed by atoms with Crippen LogP contribution in [-0.2, 0) is 9.47 Å². The Balaban J connectivity index is 3.16. The molecule has 0 saturated carbocycles. The third-order valence-electron chi connectivity index (χ3n) is 2.13. The zero-order valence-corrected chi connectivity index (χ0v) is 9.79. The third kappa shape index (κ3) is 9.67. The van der Waals surface area contributed by atoms with Crippen molar-refractivity contribution in [2.45, 2.75) is 38.1 Å². The number of ether oxygens (including phenoxy) is 2. The van der Waals surface area contributed by atoms with Crippen LogP contribution in [0.2, 0.25) is 0 Å². The molecular formula is C11H22N2O2. The summed E-state index contributed by atoms with van der Waals surface area (Å²) in [5.41, 5.74) is 4.99. The van der Waals surface area contributed by atoms with Crippen molar-refractivity contribution in [2.75, 3.05) is 26.9 Å². The van der Waals surface area contributed by atoms with E-state index in [4.69, 9.17) is 20.5 Å².